The first-order valence-corrected chi connectivity index (χ1v) is 6.46. The number of piperazine rings is 1. The Balaban J connectivity index is 1.74. The lowest BCUT2D eigenvalue weighted by molar-refractivity contribution is -0.134. The molecule has 2 atom stereocenters. The maximum atomic E-state index is 12.1. The van der Waals surface area contributed by atoms with Gasteiger partial charge < -0.3 is 20.6 Å². The van der Waals surface area contributed by atoms with Gasteiger partial charge in [0, 0.05) is 32.7 Å². The van der Waals surface area contributed by atoms with Gasteiger partial charge in [-0.3, -0.25) is 4.79 Å². The summed E-state index contributed by atoms with van der Waals surface area (Å²) in [6.07, 6.45) is 1.54. The van der Waals surface area contributed by atoms with Gasteiger partial charge in [0.2, 0.25) is 5.91 Å². The molecule has 0 aromatic carbocycles. The molecule has 2 fully saturated rings. The Kier molecular flexibility index (Phi) is 4.01. The number of rotatable bonds is 3. The van der Waals surface area contributed by atoms with E-state index in [1.807, 2.05) is 7.05 Å². The van der Waals surface area contributed by atoms with Gasteiger partial charge in [-0.25, -0.2) is 0 Å². The lowest BCUT2D eigenvalue weighted by atomic mass is 9.82. The summed E-state index contributed by atoms with van der Waals surface area (Å²) in [4.78, 5) is 13.9. The zero-order valence-electron chi connectivity index (χ0n) is 10.6. The number of nitrogens with one attached hydrogen (secondary N) is 2. The Morgan fingerprint density at radius 1 is 1.35 bits per heavy atom. The van der Waals surface area contributed by atoms with E-state index >= 15 is 0 Å². The van der Waals surface area contributed by atoms with Gasteiger partial charge in [0.15, 0.2) is 0 Å². The van der Waals surface area contributed by atoms with Crippen molar-refractivity contribution >= 4 is 5.91 Å². The summed E-state index contributed by atoms with van der Waals surface area (Å²) in [5, 5.41) is 15.8. The van der Waals surface area contributed by atoms with E-state index in [1.54, 1.807) is 4.90 Å². The van der Waals surface area contributed by atoms with E-state index < -0.39 is 0 Å². The van der Waals surface area contributed by atoms with E-state index in [9.17, 15) is 9.90 Å². The fourth-order valence-electron chi connectivity index (χ4n) is 2.55. The molecule has 1 heterocycles. The van der Waals surface area contributed by atoms with E-state index in [1.165, 1.54) is 0 Å². The topological polar surface area (TPSA) is 64.6 Å². The zero-order chi connectivity index (χ0) is 12.4. The molecular formula is C12H23N3O2. The van der Waals surface area contributed by atoms with Crippen molar-refractivity contribution < 1.29 is 9.90 Å². The van der Waals surface area contributed by atoms with Crippen molar-refractivity contribution in [2.45, 2.75) is 38.0 Å². The van der Waals surface area contributed by atoms with Gasteiger partial charge in [-0.15, -0.1) is 0 Å². The van der Waals surface area contributed by atoms with Gasteiger partial charge in [-0.1, -0.05) is 0 Å². The molecule has 0 aromatic heterocycles. The van der Waals surface area contributed by atoms with Crippen LogP contribution >= 0.6 is 0 Å². The first-order chi connectivity index (χ1) is 8.06. The zero-order valence-corrected chi connectivity index (χ0v) is 10.6. The van der Waals surface area contributed by atoms with Crippen LogP contribution in [0.25, 0.3) is 0 Å². The van der Waals surface area contributed by atoms with Crippen LogP contribution in [0, 0.1) is 5.92 Å². The van der Waals surface area contributed by atoms with E-state index in [2.05, 4.69) is 17.6 Å². The van der Waals surface area contributed by atoms with E-state index in [4.69, 9.17) is 0 Å². The first kappa shape index (κ1) is 12.8. The largest absolute Gasteiger partial charge is 0.393 e. The highest BCUT2D eigenvalue weighted by molar-refractivity contribution is 5.82. The summed E-state index contributed by atoms with van der Waals surface area (Å²) < 4.78 is 0. The van der Waals surface area contributed by atoms with Crippen molar-refractivity contribution in [3.8, 4) is 0 Å². The lowest BCUT2D eigenvalue weighted by Crippen LogP contribution is -2.59. The number of hydrogen-bond donors (Lipinski definition) is 3. The monoisotopic (exact) mass is 241 g/mol. The van der Waals surface area contributed by atoms with Crippen molar-refractivity contribution in [2.75, 3.05) is 26.7 Å². The molecule has 0 aromatic rings. The lowest BCUT2D eigenvalue weighted by Gasteiger charge is -2.36. The highest BCUT2D eigenvalue weighted by Crippen LogP contribution is 2.27. The van der Waals surface area contributed by atoms with Crippen LogP contribution in [0.4, 0.5) is 0 Å². The number of nitrogens with zero attached hydrogens (tertiary/aromatic N) is 1. The van der Waals surface area contributed by atoms with Gasteiger partial charge in [0.1, 0.15) is 0 Å². The molecule has 5 heteroatoms. The van der Waals surface area contributed by atoms with Crippen LogP contribution in [-0.4, -0.2) is 60.8 Å². The number of hydrogen-bond acceptors (Lipinski definition) is 4. The minimum Gasteiger partial charge on any atom is -0.393 e. The van der Waals surface area contributed by atoms with Gasteiger partial charge in [0.05, 0.1) is 12.1 Å². The SMILES string of the molecule is CC1CNC(C(=O)N(C)CC2CC(O)C2)CN1. The fourth-order valence-corrected chi connectivity index (χ4v) is 2.55. The average Bonchev–Trinajstić information content (AvgIpc) is 2.27. The molecule has 98 valence electrons. The molecule has 0 radical (unpaired) electrons. The maximum absolute atomic E-state index is 12.1. The van der Waals surface area contributed by atoms with E-state index in [0.717, 1.165) is 25.9 Å². The predicted molar refractivity (Wildman–Crippen MR) is 65.6 cm³/mol. The molecule has 3 N–H and O–H groups in total. The molecule has 1 aliphatic heterocycles. The number of aliphatic hydroxyl groups excluding tert-OH is 1. The van der Waals surface area contributed by atoms with Crippen molar-refractivity contribution in [3.63, 3.8) is 0 Å². The second kappa shape index (κ2) is 5.33. The van der Waals surface area contributed by atoms with Crippen LogP contribution in [0.1, 0.15) is 19.8 Å². The third-order valence-corrected chi connectivity index (χ3v) is 3.76. The Labute approximate surface area is 103 Å². The molecule has 1 amide bonds. The maximum Gasteiger partial charge on any atom is 0.240 e. The Bertz CT molecular complexity index is 271. The fraction of sp³-hybridized carbons (Fsp3) is 0.917. The van der Waals surface area contributed by atoms with Crippen LogP contribution in [0.3, 0.4) is 0 Å². The molecule has 1 aliphatic carbocycles. The molecule has 2 rings (SSSR count). The third-order valence-electron chi connectivity index (χ3n) is 3.76. The van der Waals surface area contributed by atoms with Crippen molar-refractivity contribution in [3.05, 3.63) is 0 Å². The quantitative estimate of drug-likeness (QED) is 0.603. The third kappa shape index (κ3) is 3.18. The molecule has 1 saturated carbocycles. The molecule has 17 heavy (non-hydrogen) atoms. The Morgan fingerprint density at radius 3 is 2.59 bits per heavy atom. The predicted octanol–water partition coefficient (Wildman–Crippen LogP) is -0.834. The molecule has 2 unspecified atom stereocenters. The molecule has 1 saturated heterocycles. The van der Waals surface area contributed by atoms with Crippen LogP contribution in [-0.2, 0) is 4.79 Å². The minimum atomic E-state index is -0.140. The Morgan fingerprint density at radius 2 is 2.06 bits per heavy atom. The number of likely N-dealkylation sites (N-methyl/N-ethyl adjacent to an activating group) is 1. The number of aliphatic hydroxyl groups is 1. The summed E-state index contributed by atoms with van der Waals surface area (Å²) in [7, 11) is 1.85. The molecular weight excluding hydrogens is 218 g/mol. The standard InChI is InChI=1S/C12H23N3O2/c1-8-5-14-11(6-13-8)12(17)15(2)7-9-3-10(16)4-9/h8-11,13-14,16H,3-7H2,1-2H3. The van der Waals surface area contributed by atoms with Crippen LogP contribution in [0.2, 0.25) is 0 Å². The molecule has 2 aliphatic rings. The van der Waals surface area contributed by atoms with Crippen LogP contribution in [0.5, 0.6) is 0 Å². The van der Waals surface area contributed by atoms with Crippen molar-refractivity contribution in [2.24, 2.45) is 5.92 Å². The summed E-state index contributed by atoms with van der Waals surface area (Å²) in [6.45, 7) is 4.42. The van der Waals surface area contributed by atoms with E-state index in [-0.39, 0.29) is 18.1 Å². The average molecular weight is 241 g/mol. The van der Waals surface area contributed by atoms with Gasteiger partial charge in [-0.05, 0) is 25.7 Å². The summed E-state index contributed by atoms with van der Waals surface area (Å²) >= 11 is 0. The second-order valence-corrected chi connectivity index (χ2v) is 5.48. The smallest absolute Gasteiger partial charge is 0.240 e. The number of carbonyl (C=O) groups excluding carboxylic acids is 1. The highest BCUT2D eigenvalue weighted by Gasteiger charge is 2.31. The molecule has 5 nitrogen and oxygen atoms in total. The molecule has 0 bridgehead atoms. The van der Waals surface area contributed by atoms with Crippen LogP contribution in [0.15, 0.2) is 0 Å². The van der Waals surface area contributed by atoms with Crippen molar-refractivity contribution in [1.29, 1.82) is 0 Å². The Hall–Kier alpha value is -0.650. The highest BCUT2D eigenvalue weighted by atomic mass is 16.3. The normalized spacial score (nSPS) is 37.4. The molecule has 0 spiro atoms. The minimum absolute atomic E-state index is 0.0961. The summed E-state index contributed by atoms with van der Waals surface area (Å²) in [6, 6.07) is 0.340. The van der Waals surface area contributed by atoms with Crippen molar-refractivity contribution in [1.82, 2.24) is 15.5 Å². The second-order valence-electron chi connectivity index (χ2n) is 5.48. The van der Waals surface area contributed by atoms with Gasteiger partial charge >= 0.3 is 0 Å². The summed E-state index contributed by atoms with van der Waals surface area (Å²) in [5.41, 5.74) is 0. The van der Waals surface area contributed by atoms with Gasteiger partial charge in [-0.2, -0.15) is 0 Å². The number of carbonyl (C=O) groups is 1. The van der Waals surface area contributed by atoms with E-state index in [0.29, 0.717) is 18.5 Å². The number of amides is 1. The first-order valence-electron chi connectivity index (χ1n) is 6.46. The van der Waals surface area contributed by atoms with Gasteiger partial charge in [0.25, 0.3) is 0 Å². The summed E-state index contributed by atoms with van der Waals surface area (Å²) in [5.74, 6) is 0.639. The van der Waals surface area contributed by atoms with Crippen LogP contribution < -0.4 is 10.6 Å².